The topological polar surface area (TPSA) is 76.1 Å². The number of ether oxygens (including phenoxy) is 1. The standard InChI is InChI=1S/C15H19ClN4O2S2/c1-10(11-4-3-5-12(16)8-11)18-13(21)9-23-15-20-19-14(24-15)17-6-7-22-2/h3-5,8,10H,6-7,9H2,1-2H3,(H,17,19)(H,18,21)/t10-/m1/s1. The Morgan fingerprint density at radius 3 is 3.04 bits per heavy atom. The van der Waals surface area contributed by atoms with Gasteiger partial charge in [0.05, 0.1) is 18.4 Å². The highest BCUT2D eigenvalue weighted by Gasteiger charge is 2.12. The molecule has 0 saturated carbocycles. The average Bonchev–Trinajstić information content (AvgIpc) is 3.01. The van der Waals surface area contributed by atoms with Crippen LogP contribution >= 0.6 is 34.7 Å². The molecule has 24 heavy (non-hydrogen) atoms. The molecule has 0 spiro atoms. The second kappa shape index (κ2) is 9.83. The number of hydrogen-bond acceptors (Lipinski definition) is 7. The molecule has 0 aliphatic rings. The fraction of sp³-hybridized carbons (Fsp3) is 0.400. The van der Waals surface area contributed by atoms with Crippen LogP contribution in [0, 0.1) is 0 Å². The lowest BCUT2D eigenvalue weighted by Gasteiger charge is -2.14. The summed E-state index contributed by atoms with van der Waals surface area (Å²) in [6.07, 6.45) is 0. The molecule has 2 aromatic rings. The molecule has 0 aliphatic heterocycles. The quantitative estimate of drug-likeness (QED) is 0.509. The van der Waals surface area contributed by atoms with Crippen LogP contribution in [0.25, 0.3) is 0 Å². The third-order valence-corrected chi connectivity index (χ3v) is 5.29. The zero-order valence-electron chi connectivity index (χ0n) is 13.4. The number of rotatable bonds is 9. The van der Waals surface area contributed by atoms with E-state index in [-0.39, 0.29) is 17.7 Å². The van der Waals surface area contributed by atoms with Crippen molar-refractivity contribution in [2.45, 2.75) is 17.3 Å². The molecule has 0 fully saturated rings. The summed E-state index contributed by atoms with van der Waals surface area (Å²) in [6.45, 7) is 3.20. The maximum Gasteiger partial charge on any atom is 0.230 e. The van der Waals surface area contributed by atoms with Gasteiger partial charge < -0.3 is 15.4 Å². The summed E-state index contributed by atoms with van der Waals surface area (Å²) in [7, 11) is 1.64. The molecule has 0 saturated heterocycles. The van der Waals surface area contributed by atoms with E-state index in [0.717, 1.165) is 15.0 Å². The number of nitrogens with one attached hydrogen (secondary N) is 2. The van der Waals surface area contributed by atoms with E-state index >= 15 is 0 Å². The van der Waals surface area contributed by atoms with E-state index in [1.165, 1.54) is 23.1 Å². The van der Waals surface area contributed by atoms with E-state index in [4.69, 9.17) is 16.3 Å². The molecule has 2 N–H and O–H groups in total. The third kappa shape index (κ3) is 6.27. The van der Waals surface area contributed by atoms with Crippen molar-refractivity contribution in [3.63, 3.8) is 0 Å². The van der Waals surface area contributed by atoms with E-state index < -0.39 is 0 Å². The summed E-state index contributed by atoms with van der Waals surface area (Å²) >= 11 is 8.75. The van der Waals surface area contributed by atoms with Gasteiger partial charge in [0, 0.05) is 18.7 Å². The summed E-state index contributed by atoms with van der Waals surface area (Å²) in [5, 5.41) is 15.5. The Morgan fingerprint density at radius 2 is 2.29 bits per heavy atom. The van der Waals surface area contributed by atoms with Crippen molar-refractivity contribution in [2.75, 3.05) is 31.3 Å². The lowest BCUT2D eigenvalue weighted by atomic mass is 10.1. The first-order valence-electron chi connectivity index (χ1n) is 7.32. The molecule has 130 valence electrons. The third-order valence-electron chi connectivity index (χ3n) is 3.04. The highest BCUT2D eigenvalue weighted by molar-refractivity contribution is 8.01. The van der Waals surface area contributed by atoms with Crippen LogP contribution in [0.15, 0.2) is 28.6 Å². The maximum absolute atomic E-state index is 12.1. The SMILES string of the molecule is COCCNc1nnc(SCC(=O)N[C@H](C)c2cccc(Cl)c2)s1. The van der Waals surface area contributed by atoms with Crippen LogP contribution in [-0.4, -0.2) is 42.1 Å². The van der Waals surface area contributed by atoms with E-state index in [9.17, 15) is 4.79 Å². The molecule has 6 nitrogen and oxygen atoms in total. The summed E-state index contributed by atoms with van der Waals surface area (Å²) in [5.41, 5.74) is 0.974. The van der Waals surface area contributed by atoms with Gasteiger partial charge in [-0.1, -0.05) is 46.8 Å². The Kier molecular flexibility index (Phi) is 7.77. The van der Waals surface area contributed by atoms with Crippen LogP contribution in [-0.2, 0) is 9.53 Å². The van der Waals surface area contributed by atoms with Gasteiger partial charge in [-0.05, 0) is 24.6 Å². The van der Waals surface area contributed by atoms with Gasteiger partial charge in [-0.3, -0.25) is 4.79 Å². The number of aromatic nitrogens is 2. The van der Waals surface area contributed by atoms with Gasteiger partial charge in [0.2, 0.25) is 11.0 Å². The van der Waals surface area contributed by atoms with Gasteiger partial charge in [0.15, 0.2) is 4.34 Å². The molecule has 1 heterocycles. The Bertz CT molecular complexity index is 668. The number of methoxy groups -OCH3 is 1. The number of halogens is 1. The minimum absolute atomic E-state index is 0.0587. The fourth-order valence-corrected chi connectivity index (χ4v) is 3.66. The number of thioether (sulfide) groups is 1. The second-order valence-corrected chi connectivity index (χ2v) is 7.56. The van der Waals surface area contributed by atoms with Crippen LogP contribution in [0.4, 0.5) is 5.13 Å². The number of amides is 1. The summed E-state index contributed by atoms with van der Waals surface area (Å²) in [6, 6.07) is 7.37. The van der Waals surface area contributed by atoms with Crippen molar-refractivity contribution in [3.8, 4) is 0 Å². The maximum atomic E-state index is 12.1. The lowest BCUT2D eigenvalue weighted by Crippen LogP contribution is -2.28. The van der Waals surface area contributed by atoms with E-state index in [0.29, 0.717) is 18.2 Å². The first kappa shape index (κ1) is 19.0. The minimum Gasteiger partial charge on any atom is -0.383 e. The second-order valence-electron chi connectivity index (χ2n) is 4.93. The number of hydrogen-bond donors (Lipinski definition) is 2. The molecule has 0 bridgehead atoms. The van der Waals surface area contributed by atoms with Crippen LogP contribution < -0.4 is 10.6 Å². The van der Waals surface area contributed by atoms with E-state index in [1.54, 1.807) is 7.11 Å². The normalized spacial score (nSPS) is 12.0. The Hall–Kier alpha value is -1.35. The zero-order chi connectivity index (χ0) is 17.4. The Morgan fingerprint density at radius 1 is 1.46 bits per heavy atom. The summed E-state index contributed by atoms with van der Waals surface area (Å²) < 4.78 is 5.71. The monoisotopic (exact) mass is 386 g/mol. The largest absolute Gasteiger partial charge is 0.383 e. The molecule has 0 radical (unpaired) electrons. The van der Waals surface area contributed by atoms with Crippen LogP contribution in [0.5, 0.6) is 0 Å². The van der Waals surface area contributed by atoms with Gasteiger partial charge in [-0.2, -0.15) is 0 Å². The first-order chi connectivity index (χ1) is 11.6. The highest BCUT2D eigenvalue weighted by atomic mass is 35.5. The highest BCUT2D eigenvalue weighted by Crippen LogP contribution is 2.25. The van der Waals surface area contributed by atoms with Gasteiger partial charge in [0.1, 0.15) is 0 Å². The summed E-state index contributed by atoms with van der Waals surface area (Å²) in [5.74, 6) is 0.231. The van der Waals surface area contributed by atoms with Crippen molar-refractivity contribution >= 4 is 45.7 Å². The molecule has 1 aromatic heterocycles. The molecular weight excluding hydrogens is 368 g/mol. The average molecular weight is 387 g/mol. The van der Waals surface area contributed by atoms with Gasteiger partial charge >= 0.3 is 0 Å². The van der Waals surface area contributed by atoms with Crippen LogP contribution in [0.2, 0.25) is 5.02 Å². The molecule has 0 unspecified atom stereocenters. The predicted molar refractivity (Wildman–Crippen MR) is 99.0 cm³/mol. The zero-order valence-corrected chi connectivity index (χ0v) is 15.8. The van der Waals surface area contributed by atoms with Crippen LogP contribution in [0.3, 0.4) is 0 Å². The van der Waals surface area contributed by atoms with Gasteiger partial charge in [0.25, 0.3) is 0 Å². The molecular formula is C15H19ClN4O2S2. The minimum atomic E-state index is -0.0995. The van der Waals surface area contributed by atoms with Crippen molar-refractivity contribution in [1.82, 2.24) is 15.5 Å². The van der Waals surface area contributed by atoms with Gasteiger partial charge in [-0.25, -0.2) is 0 Å². The Balaban J connectivity index is 1.76. The predicted octanol–water partition coefficient (Wildman–Crippen LogP) is 3.22. The molecule has 2 rings (SSSR count). The molecule has 9 heteroatoms. The van der Waals surface area contributed by atoms with Crippen molar-refractivity contribution < 1.29 is 9.53 Å². The number of carbonyl (C=O) groups is 1. The number of anilines is 1. The van der Waals surface area contributed by atoms with Crippen molar-refractivity contribution in [2.24, 2.45) is 0 Å². The smallest absolute Gasteiger partial charge is 0.230 e. The molecule has 1 atom stereocenters. The Labute approximate surface area is 154 Å². The molecule has 1 aromatic carbocycles. The first-order valence-corrected chi connectivity index (χ1v) is 9.50. The van der Waals surface area contributed by atoms with Crippen LogP contribution in [0.1, 0.15) is 18.5 Å². The number of carbonyl (C=O) groups excluding carboxylic acids is 1. The summed E-state index contributed by atoms with van der Waals surface area (Å²) in [4.78, 5) is 12.1. The number of nitrogens with zero attached hydrogens (tertiary/aromatic N) is 2. The van der Waals surface area contributed by atoms with E-state index in [1.807, 2.05) is 31.2 Å². The van der Waals surface area contributed by atoms with E-state index in [2.05, 4.69) is 20.8 Å². The van der Waals surface area contributed by atoms with Crippen molar-refractivity contribution in [3.05, 3.63) is 34.9 Å². The fourth-order valence-electron chi connectivity index (χ4n) is 1.87. The molecule has 0 aliphatic carbocycles. The lowest BCUT2D eigenvalue weighted by molar-refractivity contribution is -0.119. The molecule has 1 amide bonds. The number of benzene rings is 1. The van der Waals surface area contributed by atoms with Crippen molar-refractivity contribution in [1.29, 1.82) is 0 Å². The van der Waals surface area contributed by atoms with Gasteiger partial charge in [-0.15, -0.1) is 10.2 Å².